The Labute approximate surface area is 264 Å². The zero-order valence-corrected chi connectivity index (χ0v) is 26.1. The fraction of sp³-hybridized carbons (Fsp3) is 0.278. The number of hydrogen-bond donors (Lipinski definition) is 1. The van der Waals surface area contributed by atoms with Crippen LogP contribution in [0.5, 0.6) is 0 Å². The van der Waals surface area contributed by atoms with E-state index in [-0.39, 0.29) is 35.5 Å². The van der Waals surface area contributed by atoms with Gasteiger partial charge in [0.2, 0.25) is 11.8 Å². The minimum atomic E-state index is -4.36. The number of carbonyl (C=O) groups is 2. The number of amides is 2. The first-order valence-corrected chi connectivity index (χ1v) is 16.7. The number of nitrogens with one attached hydrogen (secondary N) is 1. The molecule has 1 saturated carbocycles. The van der Waals surface area contributed by atoms with Crippen molar-refractivity contribution in [2.24, 2.45) is 0 Å². The maximum Gasteiger partial charge on any atom is 0.264 e. The van der Waals surface area contributed by atoms with Gasteiger partial charge in [-0.1, -0.05) is 97.8 Å². The molecule has 5 rings (SSSR count). The summed E-state index contributed by atoms with van der Waals surface area (Å²) in [6.45, 7) is 1.29. The molecule has 1 aliphatic carbocycles. The second-order valence-corrected chi connectivity index (χ2v) is 13.3. The van der Waals surface area contributed by atoms with Crippen LogP contribution in [-0.2, 0) is 32.6 Å². The first-order chi connectivity index (χ1) is 21.7. The summed E-state index contributed by atoms with van der Waals surface area (Å²) in [5, 5.41) is 3.16. The number of rotatable bonds is 12. The number of carbonyl (C=O) groups excluding carboxylic acids is 2. The van der Waals surface area contributed by atoms with Crippen LogP contribution in [0.15, 0.2) is 114 Å². The van der Waals surface area contributed by atoms with Gasteiger partial charge in [-0.3, -0.25) is 13.9 Å². The molecule has 0 radical (unpaired) electrons. The summed E-state index contributed by atoms with van der Waals surface area (Å²) in [4.78, 5) is 30.0. The van der Waals surface area contributed by atoms with Crippen molar-refractivity contribution in [2.45, 2.75) is 62.6 Å². The lowest BCUT2D eigenvalue weighted by Crippen LogP contribution is -2.54. The highest BCUT2D eigenvalue weighted by Crippen LogP contribution is 2.28. The van der Waals surface area contributed by atoms with Gasteiger partial charge >= 0.3 is 0 Å². The average Bonchev–Trinajstić information content (AvgIpc) is 3.56. The molecule has 1 fully saturated rings. The number of halogens is 1. The van der Waals surface area contributed by atoms with Crippen LogP contribution in [0.2, 0.25) is 0 Å². The summed E-state index contributed by atoms with van der Waals surface area (Å²) in [7, 11) is -4.36. The van der Waals surface area contributed by atoms with E-state index in [1.165, 1.54) is 35.2 Å². The van der Waals surface area contributed by atoms with E-state index in [9.17, 15) is 18.0 Å². The number of nitrogens with zero attached hydrogens (tertiary/aromatic N) is 2. The van der Waals surface area contributed by atoms with Crippen LogP contribution in [0.3, 0.4) is 0 Å². The Bertz CT molecular complexity index is 1710. The van der Waals surface area contributed by atoms with E-state index >= 15 is 4.39 Å². The van der Waals surface area contributed by atoms with Crippen molar-refractivity contribution in [1.29, 1.82) is 0 Å². The molecule has 0 spiro atoms. The summed E-state index contributed by atoms with van der Waals surface area (Å²) in [6, 6.07) is 29.2. The van der Waals surface area contributed by atoms with Crippen molar-refractivity contribution in [3.05, 3.63) is 132 Å². The molecule has 1 N–H and O–H groups in total. The normalized spacial score (nSPS) is 14.1. The second kappa shape index (κ2) is 14.5. The minimum absolute atomic E-state index is 0.0135. The Hall–Kier alpha value is -4.50. The summed E-state index contributed by atoms with van der Waals surface area (Å²) >= 11 is 0. The largest absolute Gasteiger partial charge is 0.352 e. The van der Waals surface area contributed by atoms with Crippen molar-refractivity contribution in [3.63, 3.8) is 0 Å². The topological polar surface area (TPSA) is 86.8 Å². The van der Waals surface area contributed by atoms with Gasteiger partial charge in [0.25, 0.3) is 10.0 Å². The monoisotopic (exact) mass is 627 g/mol. The summed E-state index contributed by atoms with van der Waals surface area (Å²) in [5.41, 5.74) is 2.35. The zero-order valence-electron chi connectivity index (χ0n) is 25.3. The van der Waals surface area contributed by atoms with Crippen LogP contribution in [0.1, 0.15) is 42.4 Å². The Balaban J connectivity index is 1.57. The number of anilines is 1. The van der Waals surface area contributed by atoms with Crippen LogP contribution in [-0.4, -0.2) is 43.8 Å². The van der Waals surface area contributed by atoms with Crippen LogP contribution < -0.4 is 9.62 Å². The second-order valence-electron chi connectivity index (χ2n) is 11.4. The average molecular weight is 628 g/mol. The zero-order chi connectivity index (χ0) is 31.8. The van der Waals surface area contributed by atoms with Gasteiger partial charge in [0, 0.05) is 19.0 Å². The number of benzene rings is 4. The fourth-order valence-corrected chi connectivity index (χ4v) is 7.22. The van der Waals surface area contributed by atoms with E-state index in [0.717, 1.165) is 52.7 Å². The van der Waals surface area contributed by atoms with E-state index in [1.54, 1.807) is 18.2 Å². The lowest BCUT2D eigenvalue weighted by atomic mass is 10.0. The summed E-state index contributed by atoms with van der Waals surface area (Å²) < 4.78 is 44.0. The van der Waals surface area contributed by atoms with Gasteiger partial charge in [-0.05, 0) is 60.7 Å². The van der Waals surface area contributed by atoms with E-state index in [2.05, 4.69) is 5.32 Å². The number of aryl methyl sites for hydroxylation is 1. The van der Waals surface area contributed by atoms with Crippen molar-refractivity contribution < 1.29 is 22.4 Å². The Morgan fingerprint density at radius 3 is 2.11 bits per heavy atom. The van der Waals surface area contributed by atoms with Gasteiger partial charge in [-0.2, -0.15) is 0 Å². The quantitative estimate of drug-likeness (QED) is 0.208. The third-order valence-corrected chi connectivity index (χ3v) is 10.1. The lowest BCUT2D eigenvalue weighted by Gasteiger charge is -2.34. The van der Waals surface area contributed by atoms with Gasteiger partial charge in [-0.15, -0.1) is 0 Å². The van der Waals surface area contributed by atoms with E-state index in [1.807, 2.05) is 61.5 Å². The molecule has 0 unspecified atom stereocenters. The maximum absolute atomic E-state index is 15.2. The first-order valence-electron chi connectivity index (χ1n) is 15.2. The third-order valence-electron chi connectivity index (χ3n) is 8.31. The highest BCUT2D eigenvalue weighted by atomic mass is 32.2. The Kier molecular flexibility index (Phi) is 10.3. The van der Waals surface area contributed by atoms with E-state index in [4.69, 9.17) is 0 Å². The molecule has 234 valence electrons. The number of sulfonamides is 1. The Morgan fingerprint density at radius 1 is 0.844 bits per heavy atom. The van der Waals surface area contributed by atoms with Crippen LogP contribution in [0.4, 0.5) is 10.1 Å². The molecule has 4 aromatic rings. The predicted molar refractivity (Wildman–Crippen MR) is 173 cm³/mol. The van der Waals surface area contributed by atoms with Crippen molar-refractivity contribution in [1.82, 2.24) is 10.2 Å². The highest BCUT2D eigenvalue weighted by Gasteiger charge is 2.36. The molecule has 0 aromatic heterocycles. The highest BCUT2D eigenvalue weighted by molar-refractivity contribution is 7.92. The smallest absolute Gasteiger partial charge is 0.264 e. The summed E-state index contributed by atoms with van der Waals surface area (Å²) in [6.07, 6.45) is 4.00. The Morgan fingerprint density at radius 2 is 1.44 bits per heavy atom. The van der Waals surface area contributed by atoms with E-state index in [0.29, 0.717) is 0 Å². The molecule has 1 atom stereocenters. The molecule has 1 aliphatic rings. The van der Waals surface area contributed by atoms with Crippen LogP contribution in [0.25, 0.3) is 0 Å². The molecule has 9 heteroatoms. The molecule has 4 aromatic carbocycles. The third kappa shape index (κ3) is 7.78. The van der Waals surface area contributed by atoms with Crippen LogP contribution in [0, 0.1) is 12.7 Å². The van der Waals surface area contributed by atoms with E-state index < -0.39 is 34.3 Å². The fourth-order valence-electron chi connectivity index (χ4n) is 5.78. The molecule has 0 saturated heterocycles. The molecular weight excluding hydrogens is 589 g/mol. The molecule has 0 heterocycles. The molecule has 0 aliphatic heterocycles. The maximum atomic E-state index is 15.2. The molecule has 45 heavy (non-hydrogen) atoms. The van der Waals surface area contributed by atoms with Gasteiger partial charge < -0.3 is 10.2 Å². The van der Waals surface area contributed by atoms with Crippen molar-refractivity contribution in [3.8, 4) is 0 Å². The van der Waals surface area contributed by atoms with Crippen molar-refractivity contribution >= 4 is 27.5 Å². The summed E-state index contributed by atoms with van der Waals surface area (Å²) in [5.74, 6) is -1.70. The van der Waals surface area contributed by atoms with Gasteiger partial charge in [0.15, 0.2) is 0 Å². The number of para-hydroxylation sites is 1. The minimum Gasteiger partial charge on any atom is -0.352 e. The molecule has 2 amide bonds. The molecule has 7 nitrogen and oxygen atoms in total. The standard InChI is InChI=1S/C36H38FN3O4S/c1-27-14-8-9-17-29(27)25-39(34(24-28-15-4-2-5-16-28)36(42)38-30-18-10-11-19-30)35(41)26-40(33-23-13-12-22-32(33)37)45(43,44)31-20-6-3-7-21-31/h2-9,12-17,20-23,30,34H,10-11,18-19,24-26H2,1H3,(H,38,42)/t34-/m1/s1. The lowest BCUT2D eigenvalue weighted by molar-refractivity contribution is -0.140. The van der Waals surface area contributed by atoms with Gasteiger partial charge in [0.1, 0.15) is 18.4 Å². The predicted octanol–water partition coefficient (Wildman–Crippen LogP) is 6.03. The van der Waals surface area contributed by atoms with Crippen LogP contribution >= 0.6 is 0 Å². The SMILES string of the molecule is Cc1ccccc1CN(C(=O)CN(c1ccccc1F)S(=O)(=O)c1ccccc1)[C@H](Cc1ccccc1)C(=O)NC1CCCC1. The number of hydrogen-bond acceptors (Lipinski definition) is 4. The van der Waals surface area contributed by atoms with Gasteiger partial charge in [-0.25, -0.2) is 12.8 Å². The first kappa shape index (κ1) is 31.9. The molecule has 0 bridgehead atoms. The van der Waals surface area contributed by atoms with Gasteiger partial charge in [0.05, 0.1) is 10.6 Å². The molecular formula is C36H38FN3O4S. The van der Waals surface area contributed by atoms with Crippen molar-refractivity contribution in [2.75, 3.05) is 10.8 Å².